The van der Waals surface area contributed by atoms with Crippen molar-refractivity contribution in [2.24, 2.45) is 0 Å². The lowest BCUT2D eigenvalue weighted by molar-refractivity contribution is -0.0979. The van der Waals surface area contributed by atoms with Crippen molar-refractivity contribution >= 4 is 12.6 Å². The molecular formula is C18H28N2O. The molecule has 116 valence electrons. The van der Waals surface area contributed by atoms with Crippen molar-refractivity contribution in [3.8, 4) is 11.1 Å². The lowest BCUT2D eigenvalue weighted by Crippen LogP contribution is -2.09. The van der Waals surface area contributed by atoms with Crippen LogP contribution in [0.1, 0.15) is 27.8 Å². The standard InChI is InChI=1S/C15H18N2.C2H6.CH2O.H2/c1-4-12-5-7-13(8-6-12)14-9-10-15(16-11-14)17(2)3;2*1-2;/h5-11H,4H2,1-3H3;1-2H3;1H2;1H. The van der Waals surface area contributed by atoms with Crippen LogP contribution in [0, 0.1) is 0 Å². The van der Waals surface area contributed by atoms with Gasteiger partial charge in [-0.3, -0.25) is 0 Å². The van der Waals surface area contributed by atoms with Crippen LogP contribution in [0.5, 0.6) is 0 Å². The van der Waals surface area contributed by atoms with Crippen molar-refractivity contribution < 1.29 is 6.22 Å². The molecule has 0 aliphatic heterocycles. The van der Waals surface area contributed by atoms with Gasteiger partial charge in [0.25, 0.3) is 0 Å². The molecule has 0 unspecified atom stereocenters. The van der Waals surface area contributed by atoms with Crippen molar-refractivity contribution in [3.63, 3.8) is 0 Å². The van der Waals surface area contributed by atoms with Crippen molar-refractivity contribution in [2.45, 2.75) is 27.2 Å². The number of carbonyl (C=O) groups is 1. The van der Waals surface area contributed by atoms with Gasteiger partial charge in [0.15, 0.2) is 0 Å². The monoisotopic (exact) mass is 288 g/mol. The fourth-order valence-corrected chi connectivity index (χ4v) is 1.75. The molecule has 1 aromatic heterocycles. The van der Waals surface area contributed by atoms with E-state index in [0.717, 1.165) is 12.2 Å². The van der Waals surface area contributed by atoms with Gasteiger partial charge >= 0.3 is 0 Å². The Morgan fingerprint density at radius 3 is 1.90 bits per heavy atom. The maximum Gasteiger partial charge on any atom is 0.127 e. The van der Waals surface area contributed by atoms with Crippen LogP contribution < -0.4 is 4.90 Å². The van der Waals surface area contributed by atoms with Crippen LogP contribution in [0.2, 0.25) is 0 Å². The van der Waals surface area contributed by atoms with Crippen LogP contribution in [-0.4, -0.2) is 25.9 Å². The molecule has 0 bridgehead atoms. The van der Waals surface area contributed by atoms with E-state index in [1.807, 2.05) is 51.9 Å². The maximum atomic E-state index is 8.00. The first-order valence-corrected chi connectivity index (χ1v) is 7.22. The zero-order valence-corrected chi connectivity index (χ0v) is 13.8. The molecule has 3 nitrogen and oxygen atoms in total. The molecule has 0 amide bonds. The summed E-state index contributed by atoms with van der Waals surface area (Å²) in [5.41, 5.74) is 3.75. The van der Waals surface area contributed by atoms with E-state index in [4.69, 9.17) is 4.79 Å². The minimum absolute atomic E-state index is 0. The van der Waals surface area contributed by atoms with Crippen LogP contribution in [0.25, 0.3) is 11.1 Å². The number of carbonyl (C=O) groups excluding carboxylic acids is 1. The molecule has 2 rings (SSSR count). The molecule has 21 heavy (non-hydrogen) atoms. The summed E-state index contributed by atoms with van der Waals surface area (Å²) in [5, 5.41) is 0. The normalized spacial score (nSPS) is 8.81. The number of pyridine rings is 1. The molecule has 0 atom stereocenters. The van der Waals surface area contributed by atoms with Crippen LogP contribution in [0.3, 0.4) is 0 Å². The summed E-state index contributed by atoms with van der Waals surface area (Å²) in [5.74, 6) is 0.985. The number of aromatic nitrogens is 1. The fraction of sp³-hybridized carbons (Fsp3) is 0.333. The molecule has 0 aliphatic rings. The summed E-state index contributed by atoms with van der Waals surface area (Å²) in [6.07, 6.45) is 3.01. The van der Waals surface area contributed by atoms with Gasteiger partial charge in [0.05, 0.1) is 0 Å². The quantitative estimate of drug-likeness (QED) is 0.835. The lowest BCUT2D eigenvalue weighted by atomic mass is 10.0. The SMILES string of the molecule is C=O.CC.CCc1ccc(-c2ccc(N(C)C)nc2)cc1.[HH]. The topological polar surface area (TPSA) is 33.2 Å². The smallest absolute Gasteiger partial charge is 0.127 e. The van der Waals surface area contributed by atoms with Gasteiger partial charge in [0.1, 0.15) is 12.6 Å². The molecule has 1 aromatic carbocycles. The van der Waals surface area contributed by atoms with E-state index in [9.17, 15) is 0 Å². The molecule has 0 N–H and O–H groups in total. The van der Waals surface area contributed by atoms with Crippen molar-refractivity contribution in [3.05, 3.63) is 48.2 Å². The highest BCUT2D eigenvalue weighted by atomic mass is 16.1. The minimum atomic E-state index is 0. The van der Waals surface area contributed by atoms with Gasteiger partial charge in [-0.05, 0) is 29.7 Å². The molecule has 0 radical (unpaired) electrons. The van der Waals surface area contributed by atoms with Crippen molar-refractivity contribution in [1.82, 2.24) is 4.98 Å². The number of anilines is 1. The Bertz CT molecular complexity index is 496. The van der Waals surface area contributed by atoms with Gasteiger partial charge in [-0.1, -0.05) is 45.0 Å². The van der Waals surface area contributed by atoms with Gasteiger partial charge in [-0.15, -0.1) is 0 Å². The fourth-order valence-electron chi connectivity index (χ4n) is 1.75. The predicted octanol–water partition coefficient (Wildman–Crippen LogP) is 4.46. The lowest BCUT2D eigenvalue weighted by Gasteiger charge is -2.11. The van der Waals surface area contributed by atoms with Gasteiger partial charge in [0, 0.05) is 27.3 Å². The van der Waals surface area contributed by atoms with E-state index in [1.54, 1.807) is 0 Å². The first kappa shape index (κ1) is 18.8. The Kier molecular flexibility index (Phi) is 9.52. The number of rotatable bonds is 3. The molecule has 0 fully saturated rings. The van der Waals surface area contributed by atoms with E-state index in [2.05, 4.69) is 42.2 Å². The molecule has 0 saturated carbocycles. The highest BCUT2D eigenvalue weighted by Gasteiger charge is 2.00. The zero-order valence-electron chi connectivity index (χ0n) is 13.8. The maximum absolute atomic E-state index is 8.00. The molecule has 1 heterocycles. The van der Waals surface area contributed by atoms with Gasteiger partial charge in [0.2, 0.25) is 0 Å². The van der Waals surface area contributed by atoms with E-state index in [1.165, 1.54) is 16.7 Å². The van der Waals surface area contributed by atoms with E-state index >= 15 is 0 Å². The zero-order chi connectivity index (χ0) is 16.3. The predicted molar refractivity (Wildman–Crippen MR) is 94.0 cm³/mol. The second-order valence-electron chi connectivity index (χ2n) is 4.35. The number of aryl methyl sites for hydroxylation is 1. The molecule has 0 saturated heterocycles. The van der Waals surface area contributed by atoms with Gasteiger partial charge in [-0.2, -0.15) is 0 Å². The second-order valence-corrected chi connectivity index (χ2v) is 4.35. The molecule has 2 aromatic rings. The molecule has 3 heteroatoms. The van der Waals surface area contributed by atoms with Crippen LogP contribution >= 0.6 is 0 Å². The molecule has 0 spiro atoms. The summed E-state index contributed by atoms with van der Waals surface area (Å²) >= 11 is 0. The Morgan fingerprint density at radius 2 is 1.52 bits per heavy atom. The van der Waals surface area contributed by atoms with Gasteiger partial charge < -0.3 is 9.69 Å². The largest absolute Gasteiger partial charge is 0.363 e. The highest BCUT2D eigenvalue weighted by molar-refractivity contribution is 5.64. The first-order valence-electron chi connectivity index (χ1n) is 7.22. The van der Waals surface area contributed by atoms with E-state index in [-0.39, 0.29) is 1.43 Å². The summed E-state index contributed by atoms with van der Waals surface area (Å²) in [6.45, 7) is 8.17. The average molecular weight is 288 g/mol. The average Bonchev–Trinajstić information content (AvgIpc) is 2.58. The van der Waals surface area contributed by atoms with Gasteiger partial charge in [-0.25, -0.2) is 4.98 Å². The Labute approximate surface area is 130 Å². The van der Waals surface area contributed by atoms with E-state index in [0.29, 0.717) is 0 Å². The van der Waals surface area contributed by atoms with Crippen molar-refractivity contribution in [1.29, 1.82) is 0 Å². The number of hydrogen-bond acceptors (Lipinski definition) is 3. The Hall–Kier alpha value is -2.16. The minimum Gasteiger partial charge on any atom is -0.363 e. The number of nitrogens with zero attached hydrogens (tertiary/aromatic N) is 2. The third-order valence-electron chi connectivity index (χ3n) is 2.90. The molecule has 0 aliphatic carbocycles. The third kappa shape index (κ3) is 5.78. The number of hydrogen-bond donors (Lipinski definition) is 0. The Balaban J connectivity index is 0. The second kappa shape index (κ2) is 10.6. The van der Waals surface area contributed by atoms with Crippen LogP contribution in [-0.2, 0) is 11.2 Å². The van der Waals surface area contributed by atoms with Crippen LogP contribution in [0.15, 0.2) is 42.6 Å². The Morgan fingerprint density at radius 1 is 1.00 bits per heavy atom. The van der Waals surface area contributed by atoms with Crippen molar-refractivity contribution in [2.75, 3.05) is 19.0 Å². The summed E-state index contributed by atoms with van der Waals surface area (Å²) in [7, 11) is 4.00. The van der Waals surface area contributed by atoms with E-state index < -0.39 is 0 Å². The summed E-state index contributed by atoms with van der Waals surface area (Å²) < 4.78 is 0. The third-order valence-corrected chi connectivity index (χ3v) is 2.90. The summed E-state index contributed by atoms with van der Waals surface area (Å²) in [4.78, 5) is 14.4. The summed E-state index contributed by atoms with van der Waals surface area (Å²) in [6, 6.07) is 12.8. The number of benzene rings is 1. The van der Waals surface area contributed by atoms with Crippen LogP contribution in [0.4, 0.5) is 5.82 Å². The first-order chi connectivity index (χ1) is 10.2. The highest BCUT2D eigenvalue weighted by Crippen LogP contribution is 2.20. The molecular weight excluding hydrogens is 260 g/mol.